The van der Waals surface area contributed by atoms with E-state index >= 15 is 0 Å². The number of hydrogen-bond donors (Lipinski definition) is 2. The van der Waals surface area contributed by atoms with E-state index in [-0.39, 0.29) is 11.3 Å². The maximum atomic E-state index is 11.6. The van der Waals surface area contributed by atoms with Crippen LogP contribution in [0.1, 0.15) is 46.0 Å². The SMILES string of the molecule is CC(C)CCCNC(=O)CC1(CS)CC1. The third-order valence-electron chi connectivity index (χ3n) is 3.11. The van der Waals surface area contributed by atoms with Gasteiger partial charge in [0.15, 0.2) is 0 Å². The highest BCUT2D eigenvalue weighted by molar-refractivity contribution is 7.80. The molecule has 0 bridgehead atoms. The molecule has 1 rings (SSSR count). The van der Waals surface area contributed by atoms with E-state index in [0.29, 0.717) is 6.42 Å². The zero-order valence-electron chi connectivity index (χ0n) is 9.88. The third kappa shape index (κ3) is 4.92. The topological polar surface area (TPSA) is 29.1 Å². The molecule has 0 radical (unpaired) electrons. The summed E-state index contributed by atoms with van der Waals surface area (Å²) in [7, 11) is 0. The fourth-order valence-electron chi connectivity index (χ4n) is 1.71. The molecule has 0 atom stereocenters. The molecule has 0 aromatic rings. The van der Waals surface area contributed by atoms with Gasteiger partial charge in [0.05, 0.1) is 0 Å². The molecule has 1 fully saturated rings. The second kappa shape index (κ2) is 5.78. The van der Waals surface area contributed by atoms with E-state index in [1.807, 2.05) is 0 Å². The second-order valence-electron chi connectivity index (χ2n) is 5.22. The number of rotatable bonds is 7. The molecular weight excluding hydrogens is 206 g/mol. The first-order chi connectivity index (χ1) is 7.08. The second-order valence-corrected chi connectivity index (χ2v) is 5.54. The molecule has 1 N–H and O–H groups in total. The molecule has 3 heteroatoms. The molecule has 1 amide bonds. The Morgan fingerprint density at radius 3 is 2.60 bits per heavy atom. The van der Waals surface area contributed by atoms with E-state index in [1.165, 1.54) is 19.3 Å². The van der Waals surface area contributed by atoms with Crippen molar-refractivity contribution >= 4 is 18.5 Å². The van der Waals surface area contributed by atoms with Crippen molar-refractivity contribution < 1.29 is 4.79 Å². The molecule has 0 aromatic heterocycles. The standard InChI is InChI=1S/C12H23NOS/c1-10(2)4-3-7-13-11(14)8-12(9-15)5-6-12/h10,15H,3-9H2,1-2H3,(H,13,14). The van der Waals surface area contributed by atoms with Crippen LogP contribution in [0.15, 0.2) is 0 Å². The Morgan fingerprint density at radius 1 is 1.47 bits per heavy atom. The summed E-state index contributed by atoms with van der Waals surface area (Å²) in [5.41, 5.74) is 0.255. The molecule has 0 unspecified atom stereocenters. The van der Waals surface area contributed by atoms with E-state index in [9.17, 15) is 4.79 Å². The van der Waals surface area contributed by atoms with Gasteiger partial charge in [0.25, 0.3) is 0 Å². The van der Waals surface area contributed by atoms with Crippen LogP contribution in [0.5, 0.6) is 0 Å². The molecule has 0 spiro atoms. The number of thiol groups is 1. The van der Waals surface area contributed by atoms with Crippen LogP contribution < -0.4 is 5.32 Å². The van der Waals surface area contributed by atoms with Gasteiger partial charge in [0.1, 0.15) is 0 Å². The highest BCUT2D eigenvalue weighted by atomic mass is 32.1. The van der Waals surface area contributed by atoms with Gasteiger partial charge in [0.2, 0.25) is 5.91 Å². The number of hydrogen-bond acceptors (Lipinski definition) is 2. The summed E-state index contributed by atoms with van der Waals surface area (Å²) in [5.74, 6) is 1.80. The largest absolute Gasteiger partial charge is 0.356 e. The molecule has 1 saturated carbocycles. The van der Waals surface area contributed by atoms with Crippen LogP contribution in [0.3, 0.4) is 0 Å². The minimum Gasteiger partial charge on any atom is -0.356 e. The van der Waals surface area contributed by atoms with E-state index in [4.69, 9.17) is 0 Å². The van der Waals surface area contributed by atoms with E-state index in [1.54, 1.807) is 0 Å². The summed E-state index contributed by atoms with van der Waals surface area (Å²) < 4.78 is 0. The van der Waals surface area contributed by atoms with Crippen molar-refractivity contribution in [3.8, 4) is 0 Å². The normalized spacial score (nSPS) is 17.9. The van der Waals surface area contributed by atoms with Gasteiger partial charge < -0.3 is 5.32 Å². The molecule has 1 aliphatic rings. The minimum atomic E-state index is 0.213. The number of nitrogens with one attached hydrogen (secondary N) is 1. The lowest BCUT2D eigenvalue weighted by Crippen LogP contribution is -2.27. The number of amides is 1. The first kappa shape index (κ1) is 12.9. The summed E-state index contributed by atoms with van der Waals surface area (Å²) >= 11 is 4.29. The van der Waals surface area contributed by atoms with Crippen LogP contribution in [-0.4, -0.2) is 18.2 Å². The Bertz CT molecular complexity index is 212. The smallest absolute Gasteiger partial charge is 0.220 e. The van der Waals surface area contributed by atoms with Gasteiger partial charge in [-0.25, -0.2) is 0 Å². The van der Waals surface area contributed by atoms with Crippen LogP contribution in [-0.2, 0) is 4.79 Å². The number of carbonyl (C=O) groups is 1. The van der Waals surface area contributed by atoms with E-state index in [0.717, 1.165) is 24.6 Å². The Morgan fingerprint density at radius 2 is 2.13 bits per heavy atom. The highest BCUT2D eigenvalue weighted by Crippen LogP contribution is 2.49. The first-order valence-electron chi connectivity index (χ1n) is 5.95. The Kier molecular flexibility index (Phi) is 4.97. The lowest BCUT2D eigenvalue weighted by Gasteiger charge is -2.12. The molecule has 88 valence electrons. The van der Waals surface area contributed by atoms with Gasteiger partial charge in [-0.2, -0.15) is 12.6 Å². The van der Waals surface area contributed by atoms with Crippen molar-refractivity contribution in [1.29, 1.82) is 0 Å². The lowest BCUT2D eigenvalue weighted by atomic mass is 10.0. The summed E-state index contributed by atoms with van der Waals surface area (Å²) in [6, 6.07) is 0. The lowest BCUT2D eigenvalue weighted by molar-refractivity contribution is -0.122. The Hall–Kier alpha value is -0.180. The monoisotopic (exact) mass is 229 g/mol. The zero-order valence-corrected chi connectivity index (χ0v) is 10.8. The molecule has 0 saturated heterocycles. The van der Waals surface area contributed by atoms with Crippen LogP contribution in [0, 0.1) is 11.3 Å². The molecule has 0 aliphatic heterocycles. The molecule has 1 aliphatic carbocycles. The van der Waals surface area contributed by atoms with Crippen molar-refractivity contribution in [2.75, 3.05) is 12.3 Å². The fourth-order valence-corrected chi connectivity index (χ4v) is 2.14. The van der Waals surface area contributed by atoms with Crippen LogP contribution in [0.25, 0.3) is 0 Å². The van der Waals surface area contributed by atoms with Crippen molar-refractivity contribution in [1.82, 2.24) is 5.32 Å². The minimum absolute atomic E-state index is 0.213. The van der Waals surface area contributed by atoms with Gasteiger partial charge in [-0.3, -0.25) is 4.79 Å². The Labute approximate surface area is 98.6 Å². The van der Waals surface area contributed by atoms with Crippen LogP contribution >= 0.6 is 12.6 Å². The molecule has 0 heterocycles. The molecular formula is C12H23NOS. The van der Waals surface area contributed by atoms with Crippen molar-refractivity contribution in [3.05, 3.63) is 0 Å². The van der Waals surface area contributed by atoms with E-state index < -0.39 is 0 Å². The molecule has 15 heavy (non-hydrogen) atoms. The van der Waals surface area contributed by atoms with Gasteiger partial charge in [-0.1, -0.05) is 13.8 Å². The van der Waals surface area contributed by atoms with Gasteiger partial charge in [0, 0.05) is 13.0 Å². The zero-order chi connectivity index (χ0) is 11.3. The Balaban J connectivity index is 2.04. The van der Waals surface area contributed by atoms with Crippen molar-refractivity contribution in [3.63, 3.8) is 0 Å². The van der Waals surface area contributed by atoms with E-state index in [2.05, 4.69) is 31.8 Å². The average Bonchev–Trinajstić information content (AvgIpc) is 2.93. The molecule has 2 nitrogen and oxygen atoms in total. The van der Waals surface area contributed by atoms with Gasteiger partial charge in [-0.05, 0) is 42.8 Å². The summed E-state index contributed by atoms with van der Waals surface area (Å²) in [6.45, 7) is 5.25. The maximum Gasteiger partial charge on any atom is 0.220 e. The predicted octanol–water partition coefficient (Wildman–Crippen LogP) is 2.64. The van der Waals surface area contributed by atoms with Gasteiger partial charge >= 0.3 is 0 Å². The van der Waals surface area contributed by atoms with Gasteiger partial charge in [-0.15, -0.1) is 0 Å². The van der Waals surface area contributed by atoms with Crippen molar-refractivity contribution in [2.45, 2.75) is 46.0 Å². The predicted molar refractivity (Wildman–Crippen MR) is 67.2 cm³/mol. The maximum absolute atomic E-state index is 11.6. The first-order valence-corrected chi connectivity index (χ1v) is 6.59. The van der Waals surface area contributed by atoms with Crippen molar-refractivity contribution in [2.24, 2.45) is 11.3 Å². The average molecular weight is 229 g/mol. The summed E-state index contributed by atoms with van der Waals surface area (Å²) in [5, 5.41) is 3.00. The van der Waals surface area contributed by atoms with Crippen LogP contribution in [0.4, 0.5) is 0 Å². The number of carbonyl (C=O) groups excluding carboxylic acids is 1. The highest BCUT2D eigenvalue weighted by Gasteiger charge is 2.42. The molecule has 0 aromatic carbocycles. The quantitative estimate of drug-likeness (QED) is 0.510. The summed E-state index contributed by atoms with van der Waals surface area (Å²) in [4.78, 5) is 11.6. The summed E-state index contributed by atoms with van der Waals surface area (Å²) in [6.07, 6.45) is 5.32. The fraction of sp³-hybridized carbons (Fsp3) is 0.917. The van der Waals surface area contributed by atoms with Crippen LogP contribution in [0.2, 0.25) is 0 Å². The third-order valence-corrected chi connectivity index (χ3v) is 3.78.